The van der Waals surface area contributed by atoms with Crippen molar-refractivity contribution < 1.29 is 14.3 Å². The Labute approximate surface area is 132 Å². The maximum absolute atomic E-state index is 12.8. The maximum atomic E-state index is 12.8. The highest BCUT2D eigenvalue weighted by Crippen LogP contribution is 2.31. The zero-order valence-corrected chi connectivity index (χ0v) is 13.4. The molecular weight excluding hydrogens is 282 g/mol. The minimum absolute atomic E-state index is 0.00428. The van der Waals surface area contributed by atoms with Crippen molar-refractivity contribution >= 4 is 11.8 Å². The molecule has 6 heteroatoms. The predicted molar refractivity (Wildman–Crippen MR) is 82.3 cm³/mol. The summed E-state index contributed by atoms with van der Waals surface area (Å²) in [5, 5.41) is 2.81. The highest BCUT2D eigenvalue weighted by Gasteiger charge is 2.34. The van der Waals surface area contributed by atoms with Crippen molar-refractivity contribution in [2.45, 2.75) is 31.8 Å². The smallest absolute Gasteiger partial charge is 0.226 e. The second kappa shape index (κ2) is 6.96. The van der Waals surface area contributed by atoms with Crippen LogP contribution in [0.1, 0.15) is 25.7 Å². The van der Waals surface area contributed by atoms with Gasteiger partial charge in [-0.1, -0.05) is 0 Å². The lowest BCUT2D eigenvalue weighted by atomic mass is 9.95. The van der Waals surface area contributed by atoms with Gasteiger partial charge in [-0.05, 0) is 32.2 Å². The zero-order chi connectivity index (χ0) is 15.5. The molecule has 0 aromatic rings. The van der Waals surface area contributed by atoms with Crippen LogP contribution in [-0.2, 0) is 14.3 Å². The van der Waals surface area contributed by atoms with Crippen LogP contribution in [0, 0.1) is 11.8 Å². The Balaban J connectivity index is 1.60. The van der Waals surface area contributed by atoms with Crippen LogP contribution in [0.15, 0.2) is 0 Å². The normalized spacial score (nSPS) is 30.0. The van der Waals surface area contributed by atoms with Gasteiger partial charge in [0.2, 0.25) is 11.8 Å². The number of piperidine rings is 1. The maximum Gasteiger partial charge on any atom is 0.226 e. The summed E-state index contributed by atoms with van der Waals surface area (Å²) in [6, 6.07) is 0. The highest BCUT2D eigenvalue weighted by molar-refractivity contribution is 5.87. The molecule has 2 amide bonds. The van der Waals surface area contributed by atoms with Gasteiger partial charge in [-0.3, -0.25) is 9.59 Å². The van der Waals surface area contributed by atoms with Crippen molar-refractivity contribution in [3.05, 3.63) is 0 Å². The molecule has 2 saturated heterocycles. The van der Waals surface area contributed by atoms with Gasteiger partial charge in [0, 0.05) is 45.1 Å². The lowest BCUT2D eigenvalue weighted by molar-refractivity contribution is -0.143. The number of nitrogens with one attached hydrogen (secondary N) is 1. The molecule has 22 heavy (non-hydrogen) atoms. The van der Waals surface area contributed by atoms with Crippen molar-refractivity contribution in [3.8, 4) is 0 Å². The second-order valence-corrected chi connectivity index (χ2v) is 6.98. The number of nitrogens with zero attached hydrogens (tertiary/aromatic N) is 2. The van der Waals surface area contributed by atoms with Gasteiger partial charge in [0.25, 0.3) is 0 Å². The van der Waals surface area contributed by atoms with Crippen LogP contribution in [-0.4, -0.2) is 74.1 Å². The number of hydrogen-bond acceptors (Lipinski definition) is 4. The third-order valence-electron chi connectivity index (χ3n) is 4.85. The van der Waals surface area contributed by atoms with Crippen LogP contribution in [0.25, 0.3) is 0 Å². The molecule has 3 aliphatic rings. The van der Waals surface area contributed by atoms with E-state index in [0.29, 0.717) is 25.4 Å². The van der Waals surface area contributed by atoms with Crippen LogP contribution >= 0.6 is 0 Å². The van der Waals surface area contributed by atoms with E-state index in [0.717, 1.165) is 32.7 Å². The number of ether oxygens (including phenoxy) is 1. The quantitative estimate of drug-likeness (QED) is 0.781. The van der Waals surface area contributed by atoms with E-state index >= 15 is 0 Å². The Hall–Kier alpha value is -1.14. The summed E-state index contributed by atoms with van der Waals surface area (Å²) in [5.74, 6) is 0.666. The molecule has 0 radical (unpaired) electrons. The first-order valence-corrected chi connectivity index (χ1v) is 8.47. The van der Waals surface area contributed by atoms with Crippen LogP contribution in [0.4, 0.5) is 0 Å². The van der Waals surface area contributed by atoms with Gasteiger partial charge in [-0.15, -0.1) is 0 Å². The lowest BCUT2D eigenvalue weighted by Crippen LogP contribution is -2.50. The molecular formula is C16H27N3O3. The molecule has 0 aromatic heterocycles. The van der Waals surface area contributed by atoms with E-state index in [-0.39, 0.29) is 23.8 Å². The molecule has 0 bridgehead atoms. The van der Waals surface area contributed by atoms with E-state index in [4.69, 9.17) is 4.74 Å². The molecule has 3 rings (SSSR count). The Morgan fingerprint density at radius 1 is 1.36 bits per heavy atom. The van der Waals surface area contributed by atoms with E-state index in [2.05, 4.69) is 17.3 Å². The summed E-state index contributed by atoms with van der Waals surface area (Å²) < 4.78 is 5.82. The average Bonchev–Trinajstić information content (AvgIpc) is 3.30. The monoisotopic (exact) mass is 309 g/mol. The number of likely N-dealkylation sites (N-methyl/N-ethyl adjacent to an activating group) is 1. The fourth-order valence-corrected chi connectivity index (χ4v) is 3.34. The molecule has 6 nitrogen and oxygen atoms in total. The molecule has 3 fully saturated rings. The van der Waals surface area contributed by atoms with Gasteiger partial charge in [-0.25, -0.2) is 0 Å². The van der Waals surface area contributed by atoms with Gasteiger partial charge < -0.3 is 19.9 Å². The van der Waals surface area contributed by atoms with Crippen molar-refractivity contribution in [2.75, 3.05) is 46.4 Å². The number of rotatable bonds is 5. The van der Waals surface area contributed by atoms with Crippen molar-refractivity contribution in [3.63, 3.8) is 0 Å². The summed E-state index contributed by atoms with van der Waals surface area (Å²) in [6.45, 7) is 4.68. The molecule has 0 aromatic carbocycles. The number of carbonyl (C=O) groups excluding carboxylic acids is 2. The molecule has 1 saturated carbocycles. The third-order valence-corrected chi connectivity index (χ3v) is 4.85. The average molecular weight is 309 g/mol. The Kier molecular flexibility index (Phi) is 4.98. The summed E-state index contributed by atoms with van der Waals surface area (Å²) >= 11 is 0. The van der Waals surface area contributed by atoms with Crippen molar-refractivity contribution in [1.29, 1.82) is 0 Å². The van der Waals surface area contributed by atoms with E-state index in [1.54, 1.807) is 0 Å². The van der Waals surface area contributed by atoms with Crippen LogP contribution in [0.3, 0.4) is 0 Å². The summed E-state index contributed by atoms with van der Waals surface area (Å²) in [4.78, 5) is 28.6. The molecule has 0 spiro atoms. The fourth-order valence-electron chi connectivity index (χ4n) is 3.34. The molecule has 2 aliphatic heterocycles. The predicted octanol–water partition coefficient (Wildman–Crippen LogP) is 0.0818. The molecule has 2 atom stereocenters. The Bertz CT molecular complexity index is 425. The number of hydrogen-bond donors (Lipinski definition) is 1. The third kappa shape index (κ3) is 4.20. The van der Waals surface area contributed by atoms with Crippen LogP contribution in [0.5, 0.6) is 0 Å². The number of amides is 2. The SMILES string of the molecule is CN1CCOC(CN(CC2CC2)C(=O)C2CCNC(=O)C2)C1. The largest absolute Gasteiger partial charge is 0.374 e. The molecule has 124 valence electrons. The first-order valence-electron chi connectivity index (χ1n) is 8.47. The number of morpholine rings is 1. The van der Waals surface area contributed by atoms with Crippen LogP contribution < -0.4 is 5.32 Å². The van der Waals surface area contributed by atoms with Crippen LogP contribution in [0.2, 0.25) is 0 Å². The second-order valence-electron chi connectivity index (χ2n) is 6.98. The van der Waals surface area contributed by atoms with E-state index < -0.39 is 0 Å². The zero-order valence-electron chi connectivity index (χ0n) is 13.4. The first-order chi connectivity index (χ1) is 10.6. The minimum atomic E-state index is -0.145. The van der Waals surface area contributed by atoms with E-state index in [1.807, 2.05) is 4.90 Å². The Morgan fingerprint density at radius 2 is 2.18 bits per heavy atom. The summed E-state index contributed by atoms with van der Waals surface area (Å²) in [7, 11) is 2.09. The standard InChI is InChI=1S/C16H27N3O3/c1-18-6-7-22-14(10-18)11-19(9-12-2-3-12)16(21)13-4-5-17-15(20)8-13/h12-14H,2-11H2,1H3,(H,17,20). The van der Waals surface area contributed by atoms with Crippen molar-refractivity contribution in [1.82, 2.24) is 15.1 Å². The number of carbonyl (C=O) groups is 2. The van der Waals surface area contributed by atoms with Gasteiger partial charge in [-0.2, -0.15) is 0 Å². The highest BCUT2D eigenvalue weighted by atomic mass is 16.5. The topological polar surface area (TPSA) is 61.9 Å². The fraction of sp³-hybridized carbons (Fsp3) is 0.875. The molecule has 1 aliphatic carbocycles. The Morgan fingerprint density at radius 3 is 2.86 bits per heavy atom. The molecule has 2 unspecified atom stereocenters. The van der Waals surface area contributed by atoms with E-state index in [9.17, 15) is 9.59 Å². The lowest BCUT2D eigenvalue weighted by Gasteiger charge is -2.35. The summed E-state index contributed by atoms with van der Waals surface area (Å²) in [5.41, 5.74) is 0. The first kappa shape index (κ1) is 15.7. The molecule has 1 N–H and O–H groups in total. The van der Waals surface area contributed by atoms with Gasteiger partial charge in [0.05, 0.1) is 12.7 Å². The van der Waals surface area contributed by atoms with Gasteiger partial charge >= 0.3 is 0 Å². The van der Waals surface area contributed by atoms with E-state index in [1.165, 1.54) is 12.8 Å². The van der Waals surface area contributed by atoms with Gasteiger partial charge in [0.1, 0.15) is 0 Å². The minimum Gasteiger partial charge on any atom is -0.374 e. The summed E-state index contributed by atoms with van der Waals surface area (Å²) in [6.07, 6.45) is 3.64. The molecule has 2 heterocycles. The van der Waals surface area contributed by atoms with Crippen molar-refractivity contribution in [2.24, 2.45) is 11.8 Å². The van der Waals surface area contributed by atoms with Gasteiger partial charge in [0.15, 0.2) is 0 Å².